The summed E-state index contributed by atoms with van der Waals surface area (Å²) < 4.78 is 5.49. The van der Waals surface area contributed by atoms with Crippen LogP contribution in [0.3, 0.4) is 0 Å². The highest BCUT2D eigenvalue weighted by molar-refractivity contribution is 6.01. The van der Waals surface area contributed by atoms with Gasteiger partial charge in [-0.2, -0.15) is 0 Å². The molecule has 1 aliphatic rings. The van der Waals surface area contributed by atoms with Crippen LogP contribution in [-0.2, 0) is 4.79 Å². The summed E-state index contributed by atoms with van der Waals surface area (Å²) in [5.74, 6) is 0.572. The number of amides is 3. The van der Waals surface area contributed by atoms with Crippen molar-refractivity contribution in [3.8, 4) is 5.75 Å². The Bertz CT molecular complexity index is 456. The van der Waals surface area contributed by atoms with Gasteiger partial charge in [0.25, 0.3) is 0 Å². The van der Waals surface area contributed by atoms with Gasteiger partial charge in [0, 0.05) is 7.05 Å². The average Bonchev–Trinajstić information content (AvgIpc) is 2.58. The molecule has 0 spiro atoms. The van der Waals surface area contributed by atoms with Crippen LogP contribution in [0.1, 0.15) is 5.56 Å². The summed E-state index contributed by atoms with van der Waals surface area (Å²) in [5, 5.41) is 0. The number of carbonyl (C=O) groups excluding carboxylic acids is 2. The third-order valence-corrected chi connectivity index (χ3v) is 2.84. The minimum Gasteiger partial charge on any atom is -0.492 e. The largest absolute Gasteiger partial charge is 0.492 e. The van der Waals surface area contributed by atoms with E-state index in [-0.39, 0.29) is 25.0 Å². The lowest BCUT2D eigenvalue weighted by molar-refractivity contribution is -0.125. The molecule has 2 rings (SSSR count). The second-order valence-electron chi connectivity index (χ2n) is 4.35. The summed E-state index contributed by atoms with van der Waals surface area (Å²) >= 11 is 0. The number of hydrogen-bond donors (Lipinski definition) is 0. The van der Waals surface area contributed by atoms with E-state index < -0.39 is 0 Å². The van der Waals surface area contributed by atoms with Crippen LogP contribution in [-0.4, -0.2) is 48.5 Å². The Morgan fingerprint density at radius 3 is 2.44 bits per heavy atom. The number of urea groups is 1. The fourth-order valence-corrected chi connectivity index (χ4v) is 1.78. The zero-order chi connectivity index (χ0) is 13.1. The van der Waals surface area contributed by atoms with Crippen molar-refractivity contribution in [3.05, 3.63) is 29.8 Å². The lowest BCUT2D eigenvalue weighted by atomic mass is 10.2. The Hall–Kier alpha value is -2.04. The van der Waals surface area contributed by atoms with Gasteiger partial charge in [0.2, 0.25) is 5.91 Å². The number of carbonyl (C=O) groups is 2. The van der Waals surface area contributed by atoms with E-state index in [9.17, 15) is 9.59 Å². The molecule has 5 heteroatoms. The minimum atomic E-state index is -0.257. The summed E-state index contributed by atoms with van der Waals surface area (Å²) in [4.78, 5) is 25.7. The van der Waals surface area contributed by atoms with Crippen molar-refractivity contribution in [2.75, 3.05) is 26.7 Å². The van der Waals surface area contributed by atoms with E-state index in [4.69, 9.17) is 4.74 Å². The van der Waals surface area contributed by atoms with Crippen LogP contribution < -0.4 is 4.74 Å². The number of likely N-dealkylation sites (N-methyl/N-ethyl adjacent to an activating group) is 1. The van der Waals surface area contributed by atoms with Gasteiger partial charge < -0.3 is 9.64 Å². The summed E-state index contributed by atoms with van der Waals surface area (Å²) in [6.45, 7) is 2.76. The van der Waals surface area contributed by atoms with E-state index in [0.29, 0.717) is 6.61 Å². The van der Waals surface area contributed by atoms with Crippen LogP contribution in [0.25, 0.3) is 0 Å². The highest BCUT2D eigenvalue weighted by Gasteiger charge is 2.32. The standard InChI is InChI=1S/C13H16N2O3/c1-10-3-5-11(6-4-10)18-8-7-15-12(16)9-14(2)13(15)17/h3-6H,7-9H2,1-2H3. The first-order valence-corrected chi connectivity index (χ1v) is 5.83. The molecule has 1 aliphatic heterocycles. The number of nitrogens with zero attached hydrogens (tertiary/aromatic N) is 2. The molecule has 0 atom stereocenters. The zero-order valence-corrected chi connectivity index (χ0v) is 10.5. The Morgan fingerprint density at radius 2 is 1.89 bits per heavy atom. The molecule has 3 amide bonds. The lowest BCUT2D eigenvalue weighted by Gasteiger charge is -2.14. The number of rotatable bonds is 4. The van der Waals surface area contributed by atoms with Gasteiger partial charge in [-0.3, -0.25) is 9.69 Å². The van der Waals surface area contributed by atoms with Crippen molar-refractivity contribution >= 4 is 11.9 Å². The first-order valence-electron chi connectivity index (χ1n) is 5.83. The molecule has 1 saturated heterocycles. The van der Waals surface area contributed by atoms with E-state index in [1.165, 1.54) is 9.80 Å². The van der Waals surface area contributed by atoms with Gasteiger partial charge in [0.15, 0.2) is 0 Å². The fourth-order valence-electron chi connectivity index (χ4n) is 1.78. The van der Waals surface area contributed by atoms with Crippen molar-refractivity contribution in [1.82, 2.24) is 9.80 Å². The topological polar surface area (TPSA) is 49.9 Å². The smallest absolute Gasteiger partial charge is 0.327 e. The Labute approximate surface area is 106 Å². The molecule has 0 saturated carbocycles. The Balaban J connectivity index is 1.84. The predicted molar refractivity (Wildman–Crippen MR) is 66.4 cm³/mol. The van der Waals surface area contributed by atoms with Crippen LogP contribution in [0.4, 0.5) is 4.79 Å². The summed E-state index contributed by atoms with van der Waals surface area (Å²) in [6, 6.07) is 7.39. The van der Waals surface area contributed by atoms with Gasteiger partial charge in [-0.1, -0.05) is 17.7 Å². The van der Waals surface area contributed by atoms with Crippen LogP contribution >= 0.6 is 0 Å². The molecule has 1 heterocycles. The molecule has 0 bridgehead atoms. The minimum absolute atomic E-state index is 0.156. The summed E-state index contributed by atoms with van der Waals surface area (Å²) in [6.07, 6.45) is 0. The number of hydrogen-bond acceptors (Lipinski definition) is 3. The third kappa shape index (κ3) is 2.61. The number of benzene rings is 1. The molecule has 0 radical (unpaired) electrons. The molecule has 1 fully saturated rings. The second kappa shape index (κ2) is 5.08. The van der Waals surface area contributed by atoms with Gasteiger partial charge in [-0.05, 0) is 19.1 Å². The Morgan fingerprint density at radius 1 is 1.22 bits per heavy atom. The molecule has 1 aromatic rings. The first-order chi connectivity index (χ1) is 8.58. The van der Waals surface area contributed by atoms with Gasteiger partial charge in [0.1, 0.15) is 18.9 Å². The number of ether oxygens (including phenoxy) is 1. The average molecular weight is 248 g/mol. The van der Waals surface area contributed by atoms with Crippen molar-refractivity contribution in [2.24, 2.45) is 0 Å². The fraction of sp³-hybridized carbons (Fsp3) is 0.385. The van der Waals surface area contributed by atoms with Gasteiger partial charge >= 0.3 is 6.03 Å². The van der Waals surface area contributed by atoms with Gasteiger partial charge in [-0.15, -0.1) is 0 Å². The van der Waals surface area contributed by atoms with Crippen molar-refractivity contribution < 1.29 is 14.3 Å². The molecule has 0 N–H and O–H groups in total. The molecule has 96 valence electrons. The van der Waals surface area contributed by atoms with Gasteiger partial charge in [0.05, 0.1) is 6.54 Å². The van der Waals surface area contributed by atoms with E-state index in [0.717, 1.165) is 11.3 Å². The molecule has 1 aromatic carbocycles. The molecule has 5 nitrogen and oxygen atoms in total. The van der Waals surface area contributed by atoms with Crippen molar-refractivity contribution in [1.29, 1.82) is 0 Å². The quantitative estimate of drug-likeness (QED) is 0.754. The highest BCUT2D eigenvalue weighted by atomic mass is 16.5. The van der Waals surface area contributed by atoms with Crippen molar-refractivity contribution in [3.63, 3.8) is 0 Å². The SMILES string of the molecule is Cc1ccc(OCCN2C(=O)CN(C)C2=O)cc1. The normalized spacial score (nSPS) is 15.4. The first kappa shape index (κ1) is 12.4. The highest BCUT2D eigenvalue weighted by Crippen LogP contribution is 2.12. The lowest BCUT2D eigenvalue weighted by Crippen LogP contribution is -2.35. The van der Waals surface area contributed by atoms with Crippen LogP contribution in [0.5, 0.6) is 5.75 Å². The predicted octanol–water partition coefficient (Wildman–Crippen LogP) is 1.27. The number of aryl methyl sites for hydroxylation is 1. The Kier molecular flexibility index (Phi) is 3.50. The third-order valence-electron chi connectivity index (χ3n) is 2.84. The van der Waals surface area contributed by atoms with Crippen molar-refractivity contribution in [2.45, 2.75) is 6.92 Å². The molecule has 18 heavy (non-hydrogen) atoms. The van der Waals surface area contributed by atoms with E-state index in [2.05, 4.69) is 0 Å². The zero-order valence-electron chi connectivity index (χ0n) is 10.5. The molecular formula is C13H16N2O3. The monoisotopic (exact) mass is 248 g/mol. The molecule has 0 aliphatic carbocycles. The summed E-state index contributed by atoms with van der Waals surface area (Å²) in [7, 11) is 1.61. The maximum Gasteiger partial charge on any atom is 0.327 e. The van der Waals surface area contributed by atoms with E-state index >= 15 is 0 Å². The van der Waals surface area contributed by atoms with Crippen LogP contribution in [0.15, 0.2) is 24.3 Å². The number of imide groups is 1. The molecular weight excluding hydrogens is 232 g/mol. The second-order valence-corrected chi connectivity index (χ2v) is 4.35. The maximum absolute atomic E-state index is 11.6. The molecule has 0 unspecified atom stereocenters. The van der Waals surface area contributed by atoms with E-state index in [1.807, 2.05) is 31.2 Å². The van der Waals surface area contributed by atoms with Crippen LogP contribution in [0.2, 0.25) is 0 Å². The maximum atomic E-state index is 11.6. The summed E-state index contributed by atoms with van der Waals surface area (Å²) in [5.41, 5.74) is 1.16. The van der Waals surface area contributed by atoms with E-state index in [1.54, 1.807) is 7.05 Å². The molecule has 0 aromatic heterocycles. The van der Waals surface area contributed by atoms with Gasteiger partial charge in [-0.25, -0.2) is 4.79 Å². The van der Waals surface area contributed by atoms with Crippen LogP contribution in [0, 0.1) is 6.92 Å².